The Morgan fingerprint density at radius 1 is 1.26 bits per heavy atom. The highest BCUT2D eigenvalue weighted by atomic mass is 35.5. The van der Waals surface area contributed by atoms with E-state index in [2.05, 4.69) is 10.2 Å². The summed E-state index contributed by atoms with van der Waals surface area (Å²) in [6, 6.07) is 10.5. The van der Waals surface area contributed by atoms with Crippen molar-refractivity contribution in [2.24, 2.45) is 0 Å². The fraction of sp³-hybridized carbons (Fsp3) is 0.462. The first-order chi connectivity index (χ1) is 16.8. The predicted octanol–water partition coefficient (Wildman–Crippen LogP) is 4.19. The van der Waals surface area contributed by atoms with Crippen molar-refractivity contribution in [2.45, 2.75) is 38.4 Å². The minimum atomic E-state index is -0.970. The highest BCUT2D eigenvalue weighted by Gasteiger charge is 2.42. The SMILES string of the molecule is COCCN(C(=O)NCc1cccc(OC)c1)C1(C=O)CCN(Cc2c(Cl)ccc(C)c2F)CC1. The third kappa shape index (κ3) is 6.51. The topological polar surface area (TPSA) is 71.1 Å². The highest BCUT2D eigenvalue weighted by Crippen LogP contribution is 2.30. The van der Waals surface area contributed by atoms with E-state index >= 15 is 0 Å². The van der Waals surface area contributed by atoms with Crippen LogP contribution in [0, 0.1) is 12.7 Å². The molecule has 7 nitrogen and oxygen atoms in total. The van der Waals surface area contributed by atoms with Crippen molar-refractivity contribution in [1.29, 1.82) is 0 Å². The van der Waals surface area contributed by atoms with Crippen molar-refractivity contribution >= 4 is 23.9 Å². The number of aryl methyl sites for hydroxylation is 1. The summed E-state index contributed by atoms with van der Waals surface area (Å²) in [7, 11) is 3.15. The van der Waals surface area contributed by atoms with Crippen LogP contribution in [0.2, 0.25) is 5.02 Å². The molecule has 0 unspecified atom stereocenters. The first kappa shape index (κ1) is 26.9. The molecule has 3 rings (SSSR count). The summed E-state index contributed by atoms with van der Waals surface area (Å²) < 4.78 is 25.1. The molecule has 2 aromatic rings. The van der Waals surface area contributed by atoms with E-state index in [0.717, 1.165) is 11.8 Å². The van der Waals surface area contributed by atoms with E-state index in [1.807, 2.05) is 24.3 Å². The van der Waals surface area contributed by atoms with Crippen LogP contribution >= 0.6 is 11.6 Å². The van der Waals surface area contributed by atoms with E-state index in [4.69, 9.17) is 21.1 Å². The van der Waals surface area contributed by atoms with Gasteiger partial charge >= 0.3 is 6.03 Å². The summed E-state index contributed by atoms with van der Waals surface area (Å²) in [5.41, 5.74) is 0.915. The van der Waals surface area contributed by atoms with E-state index in [9.17, 15) is 14.0 Å². The van der Waals surface area contributed by atoms with Crippen molar-refractivity contribution in [2.75, 3.05) is 40.5 Å². The van der Waals surface area contributed by atoms with E-state index in [1.165, 1.54) is 0 Å². The van der Waals surface area contributed by atoms with Gasteiger partial charge in [-0.2, -0.15) is 0 Å². The Morgan fingerprint density at radius 2 is 2.00 bits per heavy atom. The van der Waals surface area contributed by atoms with Gasteiger partial charge < -0.3 is 24.5 Å². The lowest BCUT2D eigenvalue weighted by Crippen LogP contribution is -2.61. The van der Waals surface area contributed by atoms with Crippen LogP contribution in [0.25, 0.3) is 0 Å². The molecule has 0 atom stereocenters. The van der Waals surface area contributed by atoms with E-state index in [0.29, 0.717) is 67.5 Å². The fourth-order valence-electron chi connectivity index (χ4n) is 4.40. The lowest BCUT2D eigenvalue weighted by Gasteiger charge is -2.45. The predicted molar refractivity (Wildman–Crippen MR) is 133 cm³/mol. The molecular formula is C26H33ClFN3O4. The van der Waals surface area contributed by atoms with Crippen molar-refractivity contribution in [3.05, 3.63) is 63.9 Å². The maximum Gasteiger partial charge on any atom is 0.318 e. The molecule has 0 aliphatic carbocycles. The zero-order chi connectivity index (χ0) is 25.4. The number of urea groups is 1. The zero-order valence-corrected chi connectivity index (χ0v) is 21.2. The molecule has 1 N–H and O–H groups in total. The molecule has 190 valence electrons. The number of hydrogen-bond acceptors (Lipinski definition) is 5. The normalized spacial score (nSPS) is 15.5. The van der Waals surface area contributed by atoms with Crippen LogP contribution in [0.3, 0.4) is 0 Å². The summed E-state index contributed by atoms with van der Waals surface area (Å²) in [5, 5.41) is 3.31. The van der Waals surface area contributed by atoms with Gasteiger partial charge in [-0.25, -0.2) is 9.18 Å². The van der Waals surface area contributed by atoms with Gasteiger partial charge in [0, 0.05) is 50.4 Å². The van der Waals surface area contributed by atoms with Crippen LogP contribution in [0.4, 0.5) is 9.18 Å². The number of ether oxygens (including phenoxy) is 2. The Morgan fingerprint density at radius 3 is 2.66 bits per heavy atom. The molecule has 1 aliphatic heterocycles. The third-order valence-electron chi connectivity index (χ3n) is 6.58. The summed E-state index contributed by atoms with van der Waals surface area (Å²) in [5.74, 6) is 0.401. The Kier molecular flexibility index (Phi) is 9.48. The lowest BCUT2D eigenvalue weighted by atomic mass is 9.86. The molecule has 0 saturated carbocycles. The molecule has 0 spiro atoms. The number of piperidine rings is 1. The number of methoxy groups -OCH3 is 2. The molecule has 1 heterocycles. The number of nitrogens with one attached hydrogen (secondary N) is 1. The van der Waals surface area contributed by atoms with Crippen LogP contribution in [0.5, 0.6) is 5.75 Å². The zero-order valence-electron chi connectivity index (χ0n) is 20.5. The number of benzene rings is 2. The molecule has 9 heteroatoms. The molecule has 0 bridgehead atoms. The number of carbonyl (C=O) groups is 2. The summed E-state index contributed by atoms with van der Waals surface area (Å²) >= 11 is 6.25. The van der Waals surface area contributed by atoms with E-state index in [-0.39, 0.29) is 18.4 Å². The number of nitrogens with zero attached hydrogens (tertiary/aromatic N) is 2. The first-order valence-corrected chi connectivity index (χ1v) is 12.0. The van der Waals surface area contributed by atoms with Crippen molar-refractivity contribution in [3.63, 3.8) is 0 Å². The maximum absolute atomic E-state index is 14.6. The first-order valence-electron chi connectivity index (χ1n) is 11.6. The molecule has 0 aromatic heterocycles. The molecule has 1 aliphatic rings. The van der Waals surface area contributed by atoms with Crippen molar-refractivity contribution in [1.82, 2.24) is 15.1 Å². The molecule has 2 amide bonds. The summed E-state index contributed by atoms with van der Waals surface area (Å²) in [6.07, 6.45) is 1.72. The Labute approximate surface area is 211 Å². The van der Waals surface area contributed by atoms with Crippen LogP contribution < -0.4 is 10.1 Å². The van der Waals surface area contributed by atoms with Gasteiger partial charge in [0.2, 0.25) is 0 Å². The fourth-order valence-corrected chi connectivity index (χ4v) is 4.60. The molecule has 1 fully saturated rings. The van der Waals surface area contributed by atoms with Gasteiger partial charge in [-0.05, 0) is 49.1 Å². The average Bonchev–Trinajstić information content (AvgIpc) is 2.88. The standard InChI is InChI=1S/C26H33ClFN3O4/c1-19-7-8-23(27)22(24(19)28)17-30-11-9-26(18-32,10-12-30)31(13-14-34-2)25(33)29-16-20-5-4-6-21(15-20)35-3/h4-8,15,18H,9-14,16-17H2,1-3H3,(H,29,33). The van der Waals surface area contributed by atoms with Crippen molar-refractivity contribution < 1.29 is 23.5 Å². The molecule has 0 radical (unpaired) electrons. The van der Waals surface area contributed by atoms with Crippen molar-refractivity contribution in [3.8, 4) is 5.75 Å². The summed E-state index contributed by atoms with van der Waals surface area (Å²) in [6.45, 7) is 3.98. The maximum atomic E-state index is 14.6. The van der Waals surface area contributed by atoms with E-state index in [1.54, 1.807) is 38.2 Å². The van der Waals surface area contributed by atoms with Gasteiger partial charge in [0.1, 0.15) is 23.4 Å². The smallest absolute Gasteiger partial charge is 0.318 e. The second-order valence-corrected chi connectivity index (χ2v) is 9.22. The highest BCUT2D eigenvalue weighted by molar-refractivity contribution is 6.31. The van der Waals surface area contributed by atoms with Crippen LogP contribution in [-0.4, -0.2) is 68.1 Å². The molecule has 1 saturated heterocycles. The van der Waals surface area contributed by atoms with Crippen LogP contribution in [0.15, 0.2) is 36.4 Å². The Bertz CT molecular complexity index is 1030. The summed E-state index contributed by atoms with van der Waals surface area (Å²) in [4.78, 5) is 29.3. The van der Waals surface area contributed by atoms with Gasteiger partial charge in [0.25, 0.3) is 0 Å². The van der Waals surface area contributed by atoms with Gasteiger partial charge in [-0.3, -0.25) is 4.90 Å². The number of halogens is 2. The van der Waals surface area contributed by atoms with Crippen LogP contribution in [-0.2, 0) is 22.6 Å². The number of carbonyl (C=O) groups excluding carboxylic acids is 2. The minimum absolute atomic E-state index is 0.275. The Balaban J connectivity index is 1.70. The Hall–Kier alpha value is -2.68. The minimum Gasteiger partial charge on any atom is -0.497 e. The number of rotatable bonds is 10. The number of amides is 2. The number of hydrogen-bond donors (Lipinski definition) is 1. The van der Waals surface area contributed by atoms with Gasteiger partial charge in [-0.1, -0.05) is 29.8 Å². The second-order valence-electron chi connectivity index (χ2n) is 8.81. The number of likely N-dealkylation sites (tertiary alicyclic amines) is 1. The van der Waals surface area contributed by atoms with Gasteiger partial charge in [-0.15, -0.1) is 0 Å². The molecular weight excluding hydrogens is 473 g/mol. The van der Waals surface area contributed by atoms with Gasteiger partial charge in [0.15, 0.2) is 0 Å². The third-order valence-corrected chi connectivity index (χ3v) is 6.94. The number of aldehydes is 1. The second kappa shape index (κ2) is 12.3. The van der Waals surface area contributed by atoms with Crippen LogP contribution in [0.1, 0.15) is 29.5 Å². The largest absolute Gasteiger partial charge is 0.497 e. The molecule has 2 aromatic carbocycles. The van der Waals surface area contributed by atoms with E-state index < -0.39 is 5.54 Å². The lowest BCUT2D eigenvalue weighted by molar-refractivity contribution is -0.120. The van der Waals surface area contributed by atoms with Gasteiger partial charge in [0.05, 0.1) is 13.7 Å². The monoisotopic (exact) mass is 505 g/mol. The quantitative estimate of drug-likeness (QED) is 0.490. The molecule has 35 heavy (non-hydrogen) atoms. The average molecular weight is 506 g/mol.